The normalized spacial score (nSPS) is 11.6. The van der Waals surface area contributed by atoms with Crippen LogP contribution in [0.2, 0.25) is 10.6 Å². The molecule has 0 spiro atoms. The van der Waals surface area contributed by atoms with Crippen molar-refractivity contribution in [1.82, 2.24) is 0 Å². The quantitative estimate of drug-likeness (QED) is 0.439. The number of hydrogen-bond donors (Lipinski definition) is 0. The van der Waals surface area contributed by atoms with Gasteiger partial charge in [-0.3, -0.25) is 0 Å². The SMILES string of the molecule is CC(C)(C)[B][B][B][B][B][B]C(C)(C)C. The lowest BCUT2D eigenvalue weighted by molar-refractivity contribution is 0.762. The van der Waals surface area contributed by atoms with Crippen LogP contribution in [0, 0.1) is 0 Å². The van der Waals surface area contributed by atoms with Crippen LogP contribution in [-0.2, 0) is 0 Å². The minimum absolute atomic E-state index is 0.276. The fourth-order valence-electron chi connectivity index (χ4n) is 0.817. The Kier molecular flexibility index (Phi) is 6.25. The lowest BCUT2D eigenvalue weighted by Gasteiger charge is -2.17. The summed E-state index contributed by atoms with van der Waals surface area (Å²) >= 11 is 0. The Bertz CT molecular complexity index is 127. The highest BCUT2D eigenvalue weighted by atomic mass is 13.9. The average molecular weight is 179 g/mol. The van der Waals surface area contributed by atoms with Crippen molar-refractivity contribution in [3.05, 3.63) is 0 Å². The zero-order valence-electron chi connectivity index (χ0n) is 10.5. The largest absolute Gasteiger partial charge is 0.0752 e. The Morgan fingerprint density at radius 2 is 0.786 bits per heavy atom. The highest BCUT2D eigenvalue weighted by Gasteiger charge is 2.13. The molecule has 0 atom stereocenters. The van der Waals surface area contributed by atoms with E-state index in [-0.39, 0.29) is 10.6 Å². The summed E-state index contributed by atoms with van der Waals surface area (Å²) in [4.78, 5) is 0. The zero-order chi connectivity index (χ0) is 11.2. The standard InChI is InChI=1S/C8H18B6/c1-7(2,3)9-11-13-14-12-10-8(4,5)6/h1-6H3. The second-order valence-electron chi connectivity index (χ2n) is 5.84. The second kappa shape index (κ2) is 6.08. The van der Waals surface area contributed by atoms with Gasteiger partial charge in [0.15, 0.2) is 0 Å². The molecule has 0 aliphatic carbocycles. The third-order valence-corrected chi connectivity index (χ3v) is 1.53. The van der Waals surface area contributed by atoms with Gasteiger partial charge in [0.25, 0.3) is 0 Å². The topological polar surface area (TPSA) is 0 Å². The molecule has 0 amide bonds. The first-order valence-electron chi connectivity index (χ1n) is 5.24. The Labute approximate surface area is 95.1 Å². The summed E-state index contributed by atoms with van der Waals surface area (Å²) in [5.41, 5.74) is 0. The van der Waals surface area contributed by atoms with E-state index in [1.165, 1.54) is 0 Å². The summed E-state index contributed by atoms with van der Waals surface area (Å²) in [6, 6.07) is 0. The predicted molar refractivity (Wildman–Crippen MR) is 74.0 cm³/mol. The van der Waals surface area contributed by atoms with E-state index >= 15 is 0 Å². The monoisotopic (exact) mass is 180 g/mol. The molecule has 14 heavy (non-hydrogen) atoms. The van der Waals surface area contributed by atoms with Gasteiger partial charge in [-0.1, -0.05) is 52.2 Å². The molecule has 6 radical (unpaired) electrons. The van der Waals surface area contributed by atoms with Crippen molar-refractivity contribution in [3.63, 3.8) is 0 Å². The summed E-state index contributed by atoms with van der Waals surface area (Å²) < 4.78 is 0. The minimum Gasteiger partial charge on any atom is -0.0752 e. The average Bonchev–Trinajstić information content (AvgIpc) is 1.92. The molecular formula is C8H18B6. The molecule has 0 fully saturated rings. The summed E-state index contributed by atoms with van der Waals surface area (Å²) in [5.74, 6) is 0. The molecule has 6 heteroatoms. The van der Waals surface area contributed by atoms with E-state index in [1.807, 2.05) is 0 Å². The predicted octanol–water partition coefficient (Wildman–Crippen LogP) is 1.22. The van der Waals surface area contributed by atoms with E-state index in [2.05, 4.69) is 84.1 Å². The molecule has 0 aliphatic rings. The van der Waals surface area contributed by atoms with E-state index in [4.69, 9.17) is 0 Å². The van der Waals surface area contributed by atoms with E-state index in [1.54, 1.807) is 0 Å². The maximum absolute atomic E-state index is 2.20. The Hall–Kier alpha value is 0.390. The maximum atomic E-state index is 2.20. The summed E-state index contributed by atoms with van der Waals surface area (Å²) in [7, 11) is 12.8. The summed E-state index contributed by atoms with van der Waals surface area (Å²) in [5, 5.41) is 0.552. The molecule has 68 valence electrons. The van der Waals surface area contributed by atoms with Gasteiger partial charge >= 0.3 is 0 Å². The zero-order valence-corrected chi connectivity index (χ0v) is 10.5. The fourth-order valence-corrected chi connectivity index (χ4v) is 0.817. The number of rotatable bonds is 5. The van der Waals surface area contributed by atoms with Crippen LogP contribution in [0.1, 0.15) is 41.5 Å². The molecule has 0 aromatic carbocycles. The van der Waals surface area contributed by atoms with Gasteiger partial charge in [-0.25, -0.2) is 0 Å². The lowest BCUT2D eigenvalue weighted by Crippen LogP contribution is -2.31. The van der Waals surface area contributed by atoms with Crippen LogP contribution < -0.4 is 0 Å². The minimum atomic E-state index is 0.276. The molecule has 0 unspecified atom stereocenters. The van der Waals surface area contributed by atoms with Gasteiger partial charge in [0.05, 0.1) is 14.3 Å². The van der Waals surface area contributed by atoms with Crippen molar-refractivity contribution in [2.75, 3.05) is 0 Å². The lowest BCUT2D eigenvalue weighted by atomic mass is 8.94. The third kappa shape index (κ3) is 12.4. The van der Waals surface area contributed by atoms with Crippen LogP contribution in [0.4, 0.5) is 0 Å². The molecular weight excluding hydrogens is 161 g/mol. The van der Waals surface area contributed by atoms with Crippen molar-refractivity contribution >= 4 is 42.6 Å². The summed E-state index contributed by atoms with van der Waals surface area (Å²) in [6.45, 7) is 13.2. The summed E-state index contributed by atoms with van der Waals surface area (Å²) in [6.07, 6.45) is 0. The second-order valence-corrected chi connectivity index (χ2v) is 5.84. The van der Waals surface area contributed by atoms with Crippen molar-refractivity contribution in [3.8, 4) is 0 Å². The van der Waals surface area contributed by atoms with E-state index in [0.717, 1.165) is 0 Å². The van der Waals surface area contributed by atoms with Crippen LogP contribution in [0.25, 0.3) is 0 Å². The molecule has 0 aliphatic heterocycles. The van der Waals surface area contributed by atoms with Gasteiger partial charge in [0.1, 0.15) is 0 Å². The third-order valence-electron chi connectivity index (χ3n) is 1.53. The highest BCUT2D eigenvalue weighted by Crippen LogP contribution is 2.19. The van der Waals surface area contributed by atoms with Gasteiger partial charge in [0, 0.05) is 28.2 Å². The van der Waals surface area contributed by atoms with E-state index in [9.17, 15) is 0 Å². The molecule has 0 heterocycles. The first-order valence-corrected chi connectivity index (χ1v) is 5.24. The Morgan fingerprint density at radius 3 is 1.00 bits per heavy atom. The van der Waals surface area contributed by atoms with Gasteiger partial charge in [-0.15, -0.1) is 0 Å². The van der Waals surface area contributed by atoms with Crippen molar-refractivity contribution < 1.29 is 0 Å². The molecule has 0 bridgehead atoms. The van der Waals surface area contributed by atoms with Gasteiger partial charge in [0.2, 0.25) is 0 Å². The molecule has 0 aromatic heterocycles. The van der Waals surface area contributed by atoms with Crippen LogP contribution in [0.5, 0.6) is 0 Å². The molecule has 0 N–H and O–H groups in total. The van der Waals surface area contributed by atoms with Crippen molar-refractivity contribution in [1.29, 1.82) is 0 Å². The molecule has 0 nitrogen and oxygen atoms in total. The van der Waals surface area contributed by atoms with Crippen LogP contribution in [0.15, 0.2) is 0 Å². The molecule has 0 saturated carbocycles. The maximum Gasteiger partial charge on any atom is 0.0619 e. The van der Waals surface area contributed by atoms with Crippen molar-refractivity contribution in [2.45, 2.75) is 52.2 Å². The Balaban J connectivity index is 3.23. The van der Waals surface area contributed by atoms with Crippen molar-refractivity contribution in [2.24, 2.45) is 0 Å². The first-order chi connectivity index (χ1) is 6.21. The van der Waals surface area contributed by atoms with Gasteiger partial charge in [-0.05, 0) is 0 Å². The highest BCUT2D eigenvalue weighted by molar-refractivity contribution is 7.59. The van der Waals surface area contributed by atoms with Crippen LogP contribution in [-0.4, -0.2) is 42.6 Å². The molecule has 0 rings (SSSR count). The smallest absolute Gasteiger partial charge is 0.0619 e. The molecule has 0 saturated heterocycles. The Morgan fingerprint density at radius 1 is 0.500 bits per heavy atom. The van der Waals surface area contributed by atoms with E-state index in [0.29, 0.717) is 0 Å². The van der Waals surface area contributed by atoms with Crippen LogP contribution in [0.3, 0.4) is 0 Å². The molecule has 0 aromatic rings. The first kappa shape index (κ1) is 14.4. The van der Waals surface area contributed by atoms with Gasteiger partial charge < -0.3 is 0 Å². The number of hydrogen-bond acceptors (Lipinski definition) is 0. The fraction of sp³-hybridized carbons (Fsp3) is 1.00. The van der Waals surface area contributed by atoms with Crippen LogP contribution >= 0.6 is 0 Å². The van der Waals surface area contributed by atoms with E-state index < -0.39 is 0 Å². The van der Waals surface area contributed by atoms with Gasteiger partial charge in [-0.2, -0.15) is 0 Å².